The molecule has 2 rings (SSSR count). The smallest absolute Gasteiger partial charge is 0.414 e. The second-order valence-electron chi connectivity index (χ2n) is 4.43. The predicted molar refractivity (Wildman–Crippen MR) is 66.9 cm³/mol. The monoisotopic (exact) mass is 251 g/mol. The maximum atomic E-state index is 11.5. The SMILES string of the molecule is COC1Cc2ccccc2N(C(=O)O)C1(C)OC. The summed E-state index contributed by atoms with van der Waals surface area (Å²) in [5.74, 6) is 0. The summed E-state index contributed by atoms with van der Waals surface area (Å²) in [6, 6.07) is 7.40. The Labute approximate surface area is 106 Å². The fourth-order valence-corrected chi connectivity index (χ4v) is 2.49. The molecule has 0 saturated carbocycles. The van der Waals surface area contributed by atoms with Crippen LogP contribution >= 0.6 is 0 Å². The van der Waals surface area contributed by atoms with Gasteiger partial charge < -0.3 is 14.6 Å². The molecule has 1 aliphatic rings. The van der Waals surface area contributed by atoms with Crippen LogP contribution in [0.3, 0.4) is 0 Å². The number of carbonyl (C=O) groups is 1. The van der Waals surface area contributed by atoms with Gasteiger partial charge in [-0.2, -0.15) is 0 Å². The molecule has 1 aliphatic heterocycles. The molecule has 0 saturated heterocycles. The quantitative estimate of drug-likeness (QED) is 0.874. The topological polar surface area (TPSA) is 59.0 Å². The molecule has 0 bridgehead atoms. The van der Waals surface area contributed by atoms with E-state index >= 15 is 0 Å². The van der Waals surface area contributed by atoms with Gasteiger partial charge in [-0.05, 0) is 18.6 Å². The normalized spacial score (nSPS) is 26.8. The Kier molecular flexibility index (Phi) is 3.28. The summed E-state index contributed by atoms with van der Waals surface area (Å²) in [7, 11) is 3.06. The zero-order valence-electron chi connectivity index (χ0n) is 10.7. The van der Waals surface area contributed by atoms with Crippen LogP contribution in [-0.2, 0) is 15.9 Å². The van der Waals surface area contributed by atoms with E-state index in [9.17, 15) is 9.90 Å². The highest BCUT2D eigenvalue weighted by atomic mass is 16.6. The molecular weight excluding hydrogens is 234 g/mol. The molecule has 1 aromatic rings. The lowest BCUT2D eigenvalue weighted by atomic mass is 9.91. The number of nitrogens with zero attached hydrogens (tertiary/aromatic N) is 1. The summed E-state index contributed by atoms with van der Waals surface area (Å²) in [5, 5.41) is 9.46. The van der Waals surface area contributed by atoms with E-state index in [2.05, 4.69) is 0 Å². The molecule has 2 atom stereocenters. The molecule has 98 valence electrons. The Balaban J connectivity index is 2.58. The minimum atomic E-state index is -1.05. The summed E-state index contributed by atoms with van der Waals surface area (Å²) < 4.78 is 10.8. The molecule has 0 spiro atoms. The van der Waals surface area contributed by atoms with Crippen molar-refractivity contribution in [2.75, 3.05) is 19.1 Å². The van der Waals surface area contributed by atoms with E-state index in [-0.39, 0.29) is 6.10 Å². The molecule has 18 heavy (non-hydrogen) atoms. The van der Waals surface area contributed by atoms with Crippen molar-refractivity contribution in [1.82, 2.24) is 0 Å². The summed E-state index contributed by atoms with van der Waals surface area (Å²) in [4.78, 5) is 12.8. The second-order valence-corrected chi connectivity index (χ2v) is 4.43. The molecule has 1 heterocycles. The molecule has 1 amide bonds. The number of carboxylic acid groups (broad SMARTS) is 1. The van der Waals surface area contributed by atoms with E-state index in [4.69, 9.17) is 9.47 Å². The Morgan fingerprint density at radius 1 is 1.44 bits per heavy atom. The van der Waals surface area contributed by atoms with Crippen LogP contribution in [0.5, 0.6) is 0 Å². The number of amides is 1. The van der Waals surface area contributed by atoms with Crippen molar-refractivity contribution in [1.29, 1.82) is 0 Å². The van der Waals surface area contributed by atoms with Crippen molar-refractivity contribution >= 4 is 11.8 Å². The Morgan fingerprint density at radius 3 is 2.67 bits per heavy atom. The number of hydrogen-bond acceptors (Lipinski definition) is 3. The van der Waals surface area contributed by atoms with E-state index in [1.54, 1.807) is 20.1 Å². The average molecular weight is 251 g/mol. The molecule has 0 fully saturated rings. The zero-order chi connectivity index (χ0) is 13.3. The van der Waals surface area contributed by atoms with Gasteiger partial charge in [0, 0.05) is 20.6 Å². The van der Waals surface area contributed by atoms with Gasteiger partial charge in [-0.1, -0.05) is 18.2 Å². The molecule has 0 aromatic heterocycles. The first-order chi connectivity index (χ1) is 8.54. The fourth-order valence-electron chi connectivity index (χ4n) is 2.49. The maximum Gasteiger partial charge on any atom is 0.414 e. The van der Waals surface area contributed by atoms with Crippen LogP contribution in [0.15, 0.2) is 24.3 Å². The van der Waals surface area contributed by atoms with Gasteiger partial charge in [0.2, 0.25) is 0 Å². The van der Waals surface area contributed by atoms with Gasteiger partial charge in [0.1, 0.15) is 6.10 Å². The third-order valence-corrected chi connectivity index (χ3v) is 3.57. The number of anilines is 1. The van der Waals surface area contributed by atoms with Crippen molar-refractivity contribution in [3.05, 3.63) is 29.8 Å². The lowest BCUT2D eigenvalue weighted by Crippen LogP contribution is -2.62. The highest BCUT2D eigenvalue weighted by molar-refractivity contribution is 5.89. The lowest BCUT2D eigenvalue weighted by Gasteiger charge is -2.47. The van der Waals surface area contributed by atoms with E-state index in [1.165, 1.54) is 12.0 Å². The van der Waals surface area contributed by atoms with Crippen LogP contribution in [-0.4, -0.2) is 37.2 Å². The van der Waals surface area contributed by atoms with Gasteiger partial charge >= 0.3 is 6.09 Å². The third-order valence-electron chi connectivity index (χ3n) is 3.57. The molecular formula is C13H17NO4. The molecule has 2 unspecified atom stereocenters. The van der Waals surface area contributed by atoms with Crippen molar-refractivity contribution in [2.24, 2.45) is 0 Å². The predicted octanol–water partition coefficient (Wildman–Crippen LogP) is 2.10. The van der Waals surface area contributed by atoms with Crippen LogP contribution < -0.4 is 4.90 Å². The molecule has 5 nitrogen and oxygen atoms in total. The maximum absolute atomic E-state index is 11.5. The standard InChI is InChI=1S/C13H17NO4/c1-13(18-3)11(17-2)8-9-6-4-5-7-10(9)14(13)12(15)16/h4-7,11H,8H2,1-3H3,(H,15,16). The molecule has 1 N–H and O–H groups in total. The summed E-state index contributed by atoms with van der Waals surface area (Å²) >= 11 is 0. The summed E-state index contributed by atoms with van der Waals surface area (Å²) in [5.41, 5.74) is 0.582. The lowest BCUT2D eigenvalue weighted by molar-refractivity contribution is -0.107. The van der Waals surface area contributed by atoms with Crippen LogP contribution in [0.1, 0.15) is 12.5 Å². The highest BCUT2D eigenvalue weighted by Crippen LogP contribution is 2.38. The number of fused-ring (bicyclic) bond motifs is 1. The minimum absolute atomic E-state index is 0.339. The first-order valence-electron chi connectivity index (χ1n) is 5.73. The first kappa shape index (κ1) is 12.9. The second kappa shape index (κ2) is 4.59. The van der Waals surface area contributed by atoms with Crippen molar-refractivity contribution in [2.45, 2.75) is 25.2 Å². The van der Waals surface area contributed by atoms with Crippen LogP contribution in [0, 0.1) is 0 Å². The molecule has 0 radical (unpaired) electrons. The Morgan fingerprint density at radius 2 is 2.11 bits per heavy atom. The average Bonchev–Trinajstić information content (AvgIpc) is 2.37. The number of methoxy groups -OCH3 is 2. The number of para-hydroxylation sites is 1. The van der Waals surface area contributed by atoms with Gasteiger partial charge in [0.25, 0.3) is 0 Å². The summed E-state index contributed by atoms with van der Waals surface area (Å²) in [6.07, 6.45) is -0.761. The Bertz CT molecular complexity index is 462. The Hall–Kier alpha value is -1.59. The van der Waals surface area contributed by atoms with E-state index in [0.29, 0.717) is 12.1 Å². The van der Waals surface area contributed by atoms with Gasteiger partial charge in [-0.3, -0.25) is 0 Å². The van der Waals surface area contributed by atoms with Gasteiger partial charge in [0.05, 0.1) is 5.69 Å². The van der Waals surface area contributed by atoms with Crippen LogP contribution in [0.4, 0.5) is 10.5 Å². The molecule has 1 aromatic carbocycles. The first-order valence-corrected chi connectivity index (χ1v) is 5.73. The van der Waals surface area contributed by atoms with E-state index in [0.717, 1.165) is 5.56 Å². The molecule has 0 aliphatic carbocycles. The fraction of sp³-hybridized carbons (Fsp3) is 0.462. The number of rotatable bonds is 2. The highest BCUT2D eigenvalue weighted by Gasteiger charge is 2.48. The third kappa shape index (κ3) is 1.76. The van der Waals surface area contributed by atoms with Crippen molar-refractivity contribution < 1.29 is 19.4 Å². The minimum Gasteiger partial charge on any atom is -0.465 e. The zero-order valence-corrected chi connectivity index (χ0v) is 10.7. The van der Waals surface area contributed by atoms with Gasteiger partial charge in [-0.15, -0.1) is 0 Å². The number of hydrogen-bond donors (Lipinski definition) is 1. The number of ether oxygens (including phenoxy) is 2. The van der Waals surface area contributed by atoms with E-state index < -0.39 is 11.8 Å². The van der Waals surface area contributed by atoms with Crippen LogP contribution in [0.25, 0.3) is 0 Å². The molecule has 5 heteroatoms. The van der Waals surface area contributed by atoms with Gasteiger partial charge in [0.15, 0.2) is 5.72 Å². The van der Waals surface area contributed by atoms with Crippen LogP contribution in [0.2, 0.25) is 0 Å². The number of benzene rings is 1. The van der Waals surface area contributed by atoms with Gasteiger partial charge in [-0.25, -0.2) is 9.69 Å². The largest absolute Gasteiger partial charge is 0.465 e. The summed E-state index contributed by atoms with van der Waals surface area (Å²) in [6.45, 7) is 1.73. The van der Waals surface area contributed by atoms with E-state index in [1.807, 2.05) is 18.2 Å². The van der Waals surface area contributed by atoms with Crippen molar-refractivity contribution in [3.8, 4) is 0 Å². The van der Waals surface area contributed by atoms with Crippen molar-refractivity contribution in [3.63, 3.8) is 0 Å².